The van der Waals surface area contributed by atoms with Crippen LogP contribution in [0.25, 0.3) is 0 Å². The molecule has 0 aliphatic carbocycles. The first kappa shape index (κ1) is 15.4. The SMILES string of the molecule is CC(=O)CCOCC(C)(C)N1C(=O)c2ccccc2C1=O. The van der Waals surface area contributed by atoms with E-state index in [9.17, 15) is 14.4 Å². The summed E-state index contributed by atoms with van der Waals surface area (Å²) in [5.41, 5.74) is 0.0999. The molecule has 0 aromatic heterocycles. The maximum Gasteiger partial charge on any atom is 0.262 e. The van der Waals surface area contributed by atoms with Gasteiger partial charge in [0.2, 0.25) is 0 Å². The van der Waals surface area contributed by atoms with Crippen molar-refractivity contribution < 1.29 is 19.1 Å². The van der Waals surface area contributed by atoms with Crippen molar-refractivity contribution in [2.45, 2.75) is 32.7 Å². The van der Waals surface area contributed by atoms with E-state index in [-0.39, 0.29) is 24.2 Å². The molecule has 2 amide bonds. The predicted molar refractivity (Wildman–Crippen MR) is 77.1 cm³/mol. The van der Waals surface area contributed by atoms with Gasteiger partial charge in [-0.2, -0.15) is 0 Å². The molecule has 0 spiro atoms. The van der Waals surface area contributed by atoms with Gasteiger partial charge in [-0.25, -0.2) is 0 Å². The molecular formula is C16H19NO4. The second kappa shape index (κ2) is 5.77. The Labute approximate surface area is 123 Å². The van der Waals surface area contributed by atoms with Gasteiger partial charge in [-0.15, -0.1) is 0 Å². The van der Waals surface area contributed by atoms with E-state index in [2.05, 4.69) is 0 Å². The minimum atomic E-state index is -0.760. The van der Waals surface area contributed by atoms with Crippen molar-refractivity contribution >= 4 is 17.6 Å². The molecule has 1 aromatic rings. The summed E-state index contributed by atoms with van der Waals surface area (Å²) < 4.78 is 5.45. The van der Waals surface area contributed by atoms with Crippen LogP contribution in [0.2, 0.25) is 0 Å². The third kappa shape index (κ3) is 3.03. The van der Waals surface area contributed by atoms with Gasteiger partial charge in [-0.1, -0.05) is 12.1 Å². The van der Waals surface area contributed by atoms with Crippen molar-refractivity contribution in [2.75, 3.05) is 13.2 Å². The number of carbonyl (C=O) groups excluding carboxylic acids is 3. The molecule has 0 radical (unpaired) electrons. The molecule has 0 fully saturated rings. The Kier molecular flexibility index (Phi) is 4.23. The number of nitrogens with zero attached hydrogens (tertiary/aromatic N) is 1. The van der Waals surface area contributed by atoms with Crippen molar-refractivity contribution in [2.24, 2.45) is 0 Å². The smallest absolute Gasteiger partial charge is 0.262 e. The van der Waals surface area contributed by atoms with Crippen LogP contribution in [0.1, 0.15) is 47.9 Å². The highest BCUT2D eigenvalue weighted by Crippen LogP contribution is 2.29. The molecule has 0 saturated heterocycles. The fourth-order valence-electron chi connectivity index (χ4n) is 2.34. The van der Waals surface area contributed by atoms with E-state index in [1.54, 1.807) is 38.1 Å². The van der Waals surface area contributed by atoms with E-state index in [1.807, 2.05) is 0 Å². The highest BCUT2D eigenvalue weighted by Gasteiger charge is 2.43. The maximum atomic E-state index is 12.4. The van der Waals surface area contributed by atoms with Gasteiger partial charge in [-0.05, 0) is 32.9 Å². The lowest BCUT2D eigenvalue weighted by molar-refractivity contribution is -0.118. The minimum Gasteiger partial charge on any atom is -0.379 e. The maximum absolute atomic E-state index is 12.4. The molecule has 0 bridgehead atoms. The lowest BCUT2D eigenvalue weighted by Crippen LogP contribution is -2.50. The lowest BCUT2D eigenvalue weighted by atomic mass is 10.0. The monoisotopic (exact) mass is 289 g/mol. The number of Topliss-reactive ketones (excluding diaryl/α,β-unsaturated/α-hetero) is 1. The number of hydrogen-bond acceptors (Lipinski definition) is 4. The van der Waals surface area contributed by atoms with Gasteiger partial charge < -0.3 is 4.74 Å². The molecule has 5 nitrogen and oxygen atoms in total. The molecule has 1 aliphatic rings. The van der Waals surface area contributed by atoms with Crippen molar-refractivity contribution in [3.05, 3.63) is 35.4 Å². The zero-order chi connectivity index (χ0) is 15.6. The number of benzene rings is 1. The molecule has 5 heteroatoms. The van der Waals surface area contributed by atoms with E-state index in [1.165, 1.54) is 11.8 Å². The van der Waals surface area contributed by atoms with E-state index in [0.29, 0.717) is 24.2 Å². The molecule has 112 valence electrons. The zero-order valence-electron chi connectivity index (χ0n) is 12.5. The Morgan fingerprint density at radius 1 is 1.14 bits per heavy atom. The van der Waals surface area contributed by atoms with Crippen LogP contribution < -0.4 is 0 Å². The fraction of sp³-hybridized carbons (Fsp3) is 0.438. The second-order valence-corrected chi connectivity index (χ2v) is 5.81. The van der Waals surface area contributed by atoms with Crippen LogP contribution in [0.5, 0.6) is 0 Å². The summed E-state index contributed by atoms with van der Waals surface area (Å²) in [6.07, 6.45) is 0.332. The number of ether oxygens (including phenoxy) is 1. The summed E-state index contributed by atoms with van der Waals surface area (Å²) in [6.45, 7) is 5.55. The number of rotatable bonds is 6. The van der Waals surface area contributed by atoms with Gasteiger partial charge in [0.15, 0.2) is 0 Å². The fourth-order valence-corrected chi connectivity index (χ4v) is 2.34. The van der Waals surface area contributed by atoms with Crippen LogP contribution in [0.15, 0.2) is 24.3 Å². The number of amides is 2. The number of imide groups is 1. The molecule has 0 saturated carbocycles. The molecule has 0 unspecified atom stereocenters. The van der Waals surface area contributed by atoms with Gasteiger partial charge in [-0.3, -0.25) is 19.3 Å². The van der Waals surface area contributed by atoms with E-state index >= 15 is 0 Å². The molecular weight excluding hydrogens is 270 g/mol. The summed E-state index contributed by atoms with van der Waals surface area (Å²) in [5, 5.41) is 0. The van der Waals surface area contributed by atoms with Crippen molar-refractivity contribution in [1.29, 1.82) is 0 Å². The van der Waals surface area contributed by atoms with Gasteiger partial charge in [0.25, 0.3) is 11.8 Å². The number of ketones is 1. The van der Waals surface area contributed by atoms with Gasteiger partial charge in [0.05, 0.1) is 29.9 Å². The molecule has 1 aliphatic heterocycles. The molecule has 0 atom stereocenters. The lowest BCUT2D eigenvalue weighted by Gasteiger charge is -2.33. The Morgan fingerprint density at radius 2 is 1.67 bits per heavy atom. The summed E-state index contributed by atoms with van der Waals surface area (Å²) >= 11 is 0. The highest BCUT2D eigenvalue weighted by atomic mass is 16.5. The predicted octanol–water partition coefficient (Wildman–Crippen LogP) is 2.06. The Morgan fingerprint density at radius 3 is 2.14 bits per heavy atom. The normalized spacial score (nSPS) is 14.5. The summed E-state index contributed by atoms with van der Waals surface area (Å²) in [5.74, 6) is -0.542. The van der Waals surface area contributed by atoms with Gasteiger partial charge >= 0.3 is 0 Å². The average Bonchev–Trinajstić information content (AvgIpc) is 2.68. The second-order valence-electron chi connectivity index (χ2n) is 5.81. The van der Waals surface area contributed by atoms with Crippen molar-refractivity contribution in [3.8, 4) is 0 Å². The van der Waals surface area contributed by atoms with Crippen LogP contribution in [-0.2, 0) is 9.53 Å². The Hall–Kier alpha value is -2.01. The molecule has 1 heterocycles. The van der Waals surface area contributed by atoms with Crippen molar-refractivity contribution in [3.63, 3.8) is 0 Å². The summed E-state index contributed by atoms with van der Waals surface area (Å²) in [6, 6.07) is 6.79. The third-order valence-electron chi connectivity index (χ3n) is 3.45. The van der Waals surface area contributed by atoms with Gasteiger partial charge in [0, 0.05) is 6.42 Å². The molecule has 1 aromatic carbocycles. The standard InChI is InChI=1S/C16H19NO4/c1-11(18)8-9-21-10-16(2,3)17-14(19)12-6-4-5-7-13(12)15(17)20/h4-7H,8-10H2,1-3H3. The Bertz CT molecular complexity index is 557. The highest BCUT2D eigenvalue weighted by molar-refractivity contribution is 6.21. The van der Waals surface area contributed by atoms with Crippen LogP contribution in [0.3, 0.4) is 0 Å². The third-order valence-corrected chi connectivity index (χ3v) is 3.45. The van der Waals surface area contributed by atoms with E-state index in [4.69, 9.17) is 4.74 Å². The number of carbonyl (C=O) groups is 3. The van der Waals surface area contributed by atoms with Crippen LogP contribution >= 0.6 is 0 Å². The molecule has 21 heavy (non-hydrogen) atoms. The summed E-state index contributed by atoms with van der Waals surface area (Å²) in [4.78, 5) is 36.9. The van der Waals surface area contributed by atoms with Crippen LogP contribution in [-0.4, -0.2) is 41.3 Å². The molecule has 0 N–H and O–H groups in total. The number of fused-ring (bicyclic) bond motifs is 1. The summed E-state index contributed by atoms with van der Waals surface area (Å²) in [7, 11) is 0. The first-order valence-corrected chi connectivity index (χ1v) is 6.90. The quantitative estimate of drug-likeness (QED) is 0.594. The van der Waals surface area contributed by atoms with Gasteiger partial charge in [0.1, 0.15) is 5.78 Å². The topological polar surface area (TPSA) is 63.7 Å². The van der Waals surface area contributed by atoms with Crippen LogP contribution in [0.4, 0.5) is 0 Å². The van der Waals surface area contributed by atoms with E-state index < -0.39 is 5.54 Å². The average molecular weight is 289 g/mol. The van der Waals surface area contributed by atoms with Crippen molar-refractivity contribution in [1.82, 2.24) is 4.90 Å². The molecule has 2 rings (SSSR count). The van der Waals surface area contributed by atoms with Crippen LogP contribution in [0, 0.1) is 0 Å². The first-order chi connectivity index (χ1) is 9.84. The largest absolute Gasteiger partial charge is 0.379 e. The minimum absolute atomic E-state index is 0.0496. The Balaban J connectivity index is 2.09. The van der Waals surface area contributed by atoms with E-state index in [0.717, 1.165) is 0 Å². The zero-order valence-corrected chi connectivity index (χ0v) is 12.5. The first-order valence-electron chi connectivity index (χ1n) is 6.90. The number of hydrogen-bond donors (Lipinski definition) is 0.